The molecule has 0 saturated heterocycles. The molecule has 2 N–H and O–H groups in total. The van der Waals surface area contributed by atoms with Gasteiger partial charge in [0.15, 0.2) is 5.78 Å². The van der Waals surface area contributed by atoms with Gasteiger partial charge < -0.3 is 5.73 Å². The summed E-state index contributed by atoms with van der Waals surface area (Å²) in [6.07, 6.45) is 6.21. The number of carbonyl (C=O) groups excluding carboxylic acids is 2. The number of carbonyl (C=O) groups is 2. The number of anilines is 2. The number of para-hydroxylation sites is 1. The van der Waals surface area contributed by atoms with Gasteiger partial charge in [-0.1, -0.05) is 38.0 Å². The van der Waals surface area contributed by atoms with E-state index in [2.05, 4.69) is 12.0 Å². The third kappa shape index (κ3) is 2.95. The first kappa shape index (κ1) is 22.4. The topological polar surface area (TPSA) is 90.4 Å². The quantitative estimate of drug-likeness (QED) is 0.678. The fourth-order valence-corrected chi connectivity index (χ4v) is 5.69. The van der Waals surface area contributed by atoms with Crippen molar-refractivity contribution in [2.75, 3.05) is 16.3 Å². The lowest BCUT2D eigenvalue weighted by Gasteiger charge is -2.47. The smallest absolute Gasteiger partial charge is 0.248 e. The van der Waals surface area contributed by atoms with Crippen molar-refractivity contribution in [3.8, 4) is 18.4 Å². The lowest BCUT2D eigenvalue weighted by atomic mass is 9.60. The fourth-order valence-electron chi connectivity index (χ4n) is 5.69. The van der Waals surface area contributed by atoms with E-state index in [1.165, 1.54) is 17.0 Å². The number of hydrogen-bond donors (Lipinski definition) is 1. The van der Waals surface area contributed by atoms with E-state index < -0.39 is 22.6 Å². The molecule has 174 valence electrons. The van der Waals surface area contributed by atoms with Crippen LogP contribution in [0.1, 0.15) is 32.3 Å². The van der Waals surface area contributed by atoms with Gasteiger partial charge in [-0.2, -0.15) is 5.26 Å². The molecule has 35 heavy (non-hydrogen) atoms. The standard InChI is InChI=1S/C28H23FN4O2/c1-4-13-32-21-8-6-5-7-19(21)28(26(32)35)20(16-30)25(31)33(18-11-9-17(29)10-12-18)22-14-27(2,3)15-23(34)24(22)28/h1,5-12H,13-15,31H2,2-3H3/t28-/m1/s1. The summed E-state index contributed by atoms with van der Waals surface area (Å²) in [6, 6.07) is 14.9. The molecular weight excluding hydrogens is 443 g/mol. The van der Waals surface area contributed by atoms with E-state index in [0.717, 1.165) is 0 Å². The molecule has 0 fully saturated rings. The van der Waals surface area contributed by atoms with E-state index in [4.69, 9.17) is 12.2 Å². The van der Waals surface area contributed by atoms with Gasteiger partial charge in [-0.25, -0.2) is 4.39 Å². The Morgan fingerprint density at radius 1 is 1.11 bits per heavy atom. The van der Waals surface area contributed by atoms with Crippen LogP contribution in [0.4, 0.5) is 15.8 Å². The van der Waals surface area contributed by atoms with Crippen LogP contribution < -0.4 is 15.5 Å². The zero-order valence-corrected chi connectivity index (χ0v) is 19.4. The van der Waals surface area contributed by atoms with E-state index in [1.807, 2.05) is 13.8 Å². The highest BCUT2D eigenvalue weighted by molar-refractivity contribution is 6.21. The number of nitrogens with zero attached hydrogens (tertiary/aromatic N) is 3. The maximum Gasteiger partial charge on any atom is 0.248 e. The van der Waals surface area contributed by atoms with Gasteiger partial charge in [0.05, 0.1) is 12.1 Å². The van der Waals surface area contributed by atoms with Crippen LogP contribution in [0.3, 0.4) is 0 Å². The number of rotatable bonds is 2. The van der Waals surface area contributed by atoms with Crippen molar-refractivity contribution in [2.45, 2.75) is 32.1 Å². The molecule has 3 aliphatic rings. The molecule has 1 spiro atoms. The highest BCUT2D eigenvalue weighted by Crippen LogP contribution is 2.58. The molecule has 1 atom stereocenters. The minimum absolute atomic E-state index is 0.0137. The lowest BCUT2D eigenvalue weighted by molar-refractivity contribution is -0.125. The maximum atomic E-state index is 14.2. The molecule has 0 unspecified atom stereocenters. The number of fused-ring (bicyclic) bond motifs is 3. The van der Waals surface area contributed by atoms with Crippen LogP contribution in [0.5, 0.6) is 0 Å². The van der Waals surface area contributed by atoms with Crippen molar-refractivity contribution in [1.29, 1.82) is 5.26 Å². The van der Waals surface area contributed by atoms with Gasteiger partial charge >= 0.3 is 0 Å². The predicted molar refractivity (Wildman–Crippen MR) is 130 cm³/mol. The number of nitrogens with two attached hydrogens (primary N) is 1. The van der Waals surface area contributed by atoms with Crippen LogP contribution in [0.25, 0.3) is 0 Å². The van der Waals surface area contributed by atoms with Crippen LogP contribution in [0, 0.1) is 34.9 Å². The molecule has 2 heterocycles. The fraction of sp³-hybridized carbons (Fsp3) is 0.250. The minimum atomic E-state index is -1.69. The molecule has 1 amide bonds. The molecule has 2 aromatic rings. The predicted octanol–water partition coefficient (Wildman–Crippen LogP) is 3.90. The average Bonchev–Trinajstić information content (AvgIpc) is 3.03. The second-order valence-electron chi connectivity index (χ2n) is 9.81. The summed E-state index contributed by atoms with van der Waals surface area (Å²) in [4.78, 5) is 31.2. The van der Waals surface area contributed by atoms with Gasteiger partial charge in [0, 0.05) is 34.6 Å². The molecule has 0 bridgehead atoms. The Labute approximate surface area is 203 Å². The first-order chi connectivity index (χ1) is 16.7. The van der Waals surface area contributed by atoms with E-state index in [0.29, 0.717) is 29.1 Å². The Kier molecular flexibility index (Phi) is 4.86. The number of allylic oxidation sites excluding steroid dienone is 1. The number of hydrogen-bond acceptors (Lipinski definition) is 5. The van der Waals surface area contributed by atoms with Gasteiger partial charge in [0.2, 0.25) is 5.91 Å². The third-order valence-electron chi connectivity index (χ3n) is 6.98. The average molecular weight is 467 g/mol. The van der Waals surface area contributed by atoms with Crippen LogP contribution in [0.2, 0.25) is 0 Å². The Hall–Kier alpha value is -4.36. The van der Waals surface area contributed by atoms with E-state index in [1.54, 1.807) is 41.3 Å². The molecule has 0 saturated carbocycles. The second-order valence-corrected chi connectivity index (χ2v) is 9.81. The monoisotopic (exact) mass is 466 g/mol. The highest BCUT2D eigenvalue weighted by Gasteiger charge is 2.63. The Morgan fingerprint density at radius 2 is 1.80 bits per heavy atom. The number of ketones is 1. The van der Waals surface area contributed by atoms with Gasteiger partial charge in [-0.15, -0.1) is 6.42 Å². The molecule has 7 heteroatoms. The van der Waals surface area contributed by atoms with Crippen LogP contribution in [0.15, 0.2) is 71.2 Å². The first-order valence-corrected chi connectivity index (χ1v) is 11.2. The molecular formula is C28H23FN4O2. The number of nitriles is 1. The van der Waals surface area contributed by atoms with Crippen molar-refractivity contribution in [3.05, 3.63) is 82.6 Å². The van der Waals surface area contributed by atoms with Crippen LogP contribution >= 0.6 is 0 Å². The van der Waals surface area contributed by atoms with Crippen molar-refractivity contribution in [2.24, 2.45) is 11.1 Å². The molecule has 2 aliphatic heterocycles. The zero-order valence-electron chi connectivity index (χ0n) is 19.4. The largest absolute Gasteiger partial charge is 0.384 e. The number of benzene rings is 2. The van der Waals surface area contributed by atoms with Gasteiger partial charge in [0.25, 0.3) is 0 Å². The molecule has 0 radical (unpaired) electrons. The molecule has 2 aromatic carbocycles. The number of amides is 1. The van der Waals surface area contributed by atoms with Gasteiger partial charge in [-0.3, -0.25) is 19.4 Å². The van der Waals surface area contributed by atoms with Crippen LogP contribution in [-0.2, 0) is 15.0 Å². The van der Waals surface area contributed by atoms with Crippen molar-refractivity contribution < 1.29 is 14.0 Å². The highest BCUT2D eigenvalue weighted by atomic mass is 19.1. The molecule has 0 aromatic heterocycles. The Bertz CT molecular complexity index is 1440. The first-order valence-electron chi connectivity index (χ1n) is 11.2. The Morgan fingerprint density at radius 3 is 2.46 bits per heavy atom. The normalized spacial score (nSPS) is 22.8. The summed E-state index contributed by atoms with van der Waals surface area (Å²) in [5.41, 5.74) is 6.88. The summed E-state index contributed by atoms with van der Waals surface area (Å²) < 4.78 is 13.7. The van der Waals surface area contributed by atoms with Gasteiger partial charge in [-0.05, 0) is 42.2 Å². The zero-order chi connectivity index (χ0) is 25.1. The number of Topliss-reactive ketones (excluding diaryl/α,β-unsaturated/α-hetero) is 1. The SMILES string of the molecule is C#CCN1C(=O)[C@@]2(C(C#N)=C(N)N(c3ccc(F)cc3)C3=C2C(=O)CC(C)(C)C3)c2ccccc21. The van der Waals surface area contributed by atoms with Crippen molar-refractivity contribution in [3.63, 3.8) is 0 Å². The van der Waals surface area contributed by atoms with E-state index in [9.17, 15) is 19.2 Å². The number of terminal acetylenes is 1. The molecule has 6 nitrogen and oxygen atoms in total. The Balaban J connectivity index is 1.90. The molecule has 5 rings (SSSR count). The van der Waals surface area contributed by atoms with E-state index in [-0.39, 0.29) is 35.7 Å². The van der Waals surface area contributed by atoms with Crippen molar-refractivity contribution in [1.82, 2.24) is 0 Å². The summed E-state index contributed by atoms with van der Waals surface area (Å²) in [5.74, 6) is 1.43. The summed E-state index contributed by atoms with van der Waals surface area (Å²) >= 11 is 0. The number of halogens is 1. The lowest BCUT2D eigenvalue weighted by Crippen LogP contribution is -2.53. The summed E-state index contributed by atoms with van der Waals surface area (Å²) in [6.45, 7) is 3.93. The van der Waals surface area contributed by atoms with Crippen LogP contribution in [-0.4, -0.2) is 18.2 Å². The van der Waals surface area contributed by atoms with Gasteiger partial charge in [0.1, 0.15) is 23.1 Å². The van der Waals surface area contributed by atoms with E-state index >= 15 is 0 Å². The maximum absolute atomic E-state index is 14.2. The molecule has 1 aliphatic carbocycles. The third-order valence-corrected chi connectivity index (χ3v) is 6.98. The second kappa shape index (κ2) is 7.58. The minimum Gasteiger partial charge on any atom is -0.384 e. The van der Waals surface area contributed by atoms with Crippen molar-refractivity contribution >= 4 is 23.1 Å². The summed E-state index contributed by atoms with van der Waals surface area (Å²) in [5, 5.41) is 10.4. The summed E-state index contributed by atoms with van der Waals surface area (Å²) in [7, 11) is 0.